The van der Waals surface area contributed by atoms with Gasteiger partial charge in [-0.05, 0) is 24.8 Å². The number of rotatable bonds is 6. The molecule has 0 bridgehead atoms. The highest BCUT2D eigenvalue weighted by Gasteiger charge is 2.21. The molecule has 0 aromatic heterocycles. The van der Waals surface area contributed by atoms with Gasteiger partial charge in [0.15, 0.2) is 0 Å². The molecule has 0 aliphatic carbocycles. The van der Waals surface area contributed by atoms with Crippen LogP contribution in [0.1, 0.15) is 31.7 Å². The van der Waals surface area contributed by atoms with Crippen molar-refractivity contribution < 1.29 is 0 Å². The molecule has 0 N–H and O–H groups in total. The van der Waals surface area contributed by atoms with E-state index in [1.165, 1.54) is 12.0 Å². The lowest BCUT2D eigenvalue weighted by molar-refractivity contribution is 0.519. The highest BCUT2D eigenvalue weighted by Crippen LogP contribution is 2.30. The van der Waals surface area contributed by atoms with Crippen molar-refractivity contribution in [1.29, 1.82) is 0 Å². The zero-order valence-electron chi connectivity index (χ0n) is 9.58. The van der Waals surface area contributed by atoms with E-state index >= 15 is 0 Å². The first kappa shape index (κ1) is 11.8. The Hall–Kier alpha value is -1.30. The number of benzene rings is 1. The Balaban J connectivity index is 2.76. The molecule has 0 heteroatoms. The smallest absolute Gasteiger partial charge is 0.0101 e. The molecule has 0 aliphatic heterocycles. The Kier molecular flexibility index (Phi) is 4.36. The van der Waals surface area contributed by atoms with Crippen LogP contribution in [-0.4, -0.2) is 0 Å². The summed E-state index contributed by atoms with van der Waals surface area (Å²) in [7, 11) is 0. The second-order valence-corrected chi connectivity index (χ2v) is 4.17. The third kappa shape index (κ3) is 3.09. The molecule has 1 rings (SSSR count). The van der Waals surface area contributed by atoms with Crippen LogP contribution >= 0.6 is 0 Å². The number of unbranched alkanes of at least 4 members (excludes halogenated alkanes) is 1. The van der Waals surface area contributed by atoms with Crippen LogP contribution in [0.3, 0.4) is 0 Å². The summed E-state index contributed by atoms with van der Waals surface area (Å²) in [5.74, 6) is 0. The molecule has 1 aromatic rings. The molecule has 0 fully saturated rings. The lowest BCUT2D eigenvalue weighted by Crippen LogP contribution is -2.18. The Morgan fingerprint density at radius 3 is 2.40 bits per heavy atom. The van der Waals surface area contributed by atoms with Crippen LogP contribution < -0.4 is 0 Å². The van der Waals surface area contributed by atoms with Crippen LogP contribution in [-0.2, 0) is 5.41 Å². The van der Waals surface area contributed by atoms with Crippen molar-refractivity contribution in [2.45, 2.75) is 31.6 Å². The molecule has 1 unspecified atom stereocenters. The first-order chi connectivity index (χ1) is 7.23. The predicted octanol–water partition coefficient (Wildman–Crippen LogP) is 4.49. The molecule has 0 saturated heterocycles. The second-order valence-electron chi connectivity index (χ2n) is 4.17. The van der Waals surface area contributed by atoms with Gasteiger partial charge in [-0.25, -0.2) is 0 Å². The fourth-order valence-electron chi connectivity index (χ4n) is 1.80. The highest BCUT2D eigenvalue weighted by atomic mass is 14.2. The normalized spacial score (nSPS) is 14.2. The van der Waals surface area contributed by atoms with Gasteiger partial charge in [0.2, 0.25) is 0 Å². The molecule has 0 nitrogen and oxygen atoms in total. The molecule has 80 valence electrons. The van der Waals surface area contributed by atoms with Crippen LogP contribution in [0.15, 0.2) is 55.6 Å². The minimum atomic E-state index is 0.101. The lowest BCUT2D eigenvalue weighted by atomic mass is 9.78. The van der Waals surface area contributed by atoms with Crippen molar-refractivity contribution in [3.8, 4) is 0 Å². The van der Waals surface area contributed by atoms with E-state index in [9.17, 15) is 0 Å². The van der Waals surface area contributed by atoms with Gasteiger partial charge in [0.25, 0.3) is 0 Å². The van der Waals surface area contributed by atoms with Crippen LogP contribution in [0.5, 0.6) is 0 Å². The monoisotopic (exact) mass is 200 g/mol. The molecule has 0 aliphatic rings. The molecule has 1 atom stereocenters. The van der Waals surface area contributed by atoms with Gasteiger partial charge < -0.3 is 0 Å². The second kappa shape index (κ2) is 5.55. The number of allylic oxidation sites excluding steroid dienone is 2. The molecular weight excluding hydrogens is 180 g/mol. The van der Waals surface area contributed by atoms with E-state index in [0.717, 1.165) is 12.8 Å². The third-order valence-corrected chi connectivity index (χ3v) is 2.99. The van der Waals surface area contributed by atoms with E-state index in [1.807, 2.05) is 6.08 Å². The van der Waals surface area contributed by atoms with Crippen molar-refractivity contribution in [3.63, 3.8) is 0 Å². The Morgan fingerprint density at radius 2 is 1.87 bits per heavy atom. The van der Waals surface area contributed by atoms with Crippen molar-refractivity contribution >= 4 is 0 Å². The zero-order valence-corrected chi connectivity index (χ0v) is 9.58. The largest absolute Gasteiger partial charge is 0.103 e. The predicted molar refractivity (Wildman–Crippen MR) is 68.0 cm³/mol. The Bertz CT molecular complexity index is 310. The van der Waals surface area contributed by atoms with Crippen molar-refractivity contribution in [3.05, 3.63) is 61.2 Å². The summed E-state index contributed by atoms with van der Waals surface area (Å²) in [6.07, 6.45) is 7.42. The van der Waals surface area contributed by atoms with E-state index in [0.29, 0.717) is 0 Å². The van der Waals surface area contributed by atoms with Gasteiger partial charge in [0.1, 0.15) is 0 Å². The molecule has 1 aromatic carbocycles. The van der Waals surface area contributed by atoms with E-state index in [4.69, 9.17) is 0 Å². The van der Waals surface area contributed by atoms with Gasteiger partial charge in [-0.1, -0.05) is 49.4 Å². The summed E-state index contributed by atoms with van der Waals surface area (Å²) in [6.45, 7) is 9.96. The molecular formula is C15H20. The minimum Gasteiger partial charge on any atom is -0.103 e. The third-order valence-electron chi connectivity index (χ3n) is 2.99. The summed E-state index contributed by atoms with van der Waals surface area (Å²) >= 11 is 0. The number of hydrogen-bond acceptors (Lipinski definition) is 0. The van der Waals surface area contributed by atoms with Crippen LogP contribution in [0.25, 0.3) is 0 Å². The summed E-state index contributed by atoms with van der Waals surface area (Å²) in [6, 6.07) is 10.6. The van der Waals surface area contributed by atoms with Gasteiger partial charge in [-0.2, -0.15) is 0 Å². The maximum absolute atomic E-state index is 3.96. The summed E-state index contributed by atoms with van der Waals surface area (Å²) < 4.78 is 0. The number of hydrogen-bond donors (Lipinski definition) is 0. The van der Waals surface area contributed by atoms with Crippen LogP contribution in [0.2, 0.25) is 0 Å². The zero-order chi connectivity index (χ0) is 11.1. The average Bonchev–Trinajstić information content (AvgIpc) is 2.30. The highest BCUT2D eigenvalue weighted by molar-refractivity contribution is 5.28. The summed E-state index contributed by atoms with van der Waals surface area (Å²) in [5, 5.41) is 0. The summed E-state index contributed by atoms with van der Waals surface area (Å²) in [5.41, 5.74) is 1.45. The first-order valence-electron chi connectivity index (χ1n) is 5.53. The molecule has 0 heterocycles. The van der Waals surface area contributed by atoms with Crippen molar-refractivity contribution in [1.82, 2.24) is 0 Å². The average molecular weight is 200 g/mol. The summed E-state index contributed by atoms with van der Waals surface area (Å²) in [4.78, 5) is 0. The van der Waals surface area contributed by atoms with Crippen molar-refractivity contribution in [2.75, 3.05) is 0 Å². The van der Waals surface area contributed by atoms with Crippen molar-refractivity contribution in [2.24, 2.45) is 0 Å². The molecule has 0 saturated carbocycles. The molecule has 0 amide bonds. The fourth-order valence-corrected chi connectivity index (χ4v) is 1.80. The quantitative estimate of drug-likeness (QED) is 0.469. The maximum atomic E-state index is 3.96. The van der Waals surface area contributed by atoms with Gasteiger partial charge in [0, 0.05) is 5.41 Å². The van der Waals surface area contributed by atoms with E-state index in [-0.39, 0.29) is 5.41 Å². The topological polar surface area (TPSA) is 0 Å². The lowest BCUT2D eigenvalue weighted by Gasteiger charge is -2.26. The van der Waals surface area contributed by atoms with Crippen LogP contribution in [0.4, 0.5) is 0 Å². The van der Waals surface area contributed by atoms with Crippen LogP contribution in [0, 0.1) is 0 Å². The van der Waals surface area contributed by atoms with E-state index in [1.54, 1.807) is 0 Å². The van der Waals surface area contributed by atoms with Gasteiger partial charge in [0.05, 0.1) is 0 Å². The van der Waals surface area contributed by atoms with E-state index < -0.39 is 0 Å². The Morgan fingerprint density at radius 1 is 1.20 bits per heavy atom. The van der Waals surface area contributed by atoms with Gasteiger partial charge in [-0.15, -0.1) is 13.2 Å². The SMILES string of the molecule is C=CCCCC(C)(C=C)c1ccccc1. The maximum Gasteiger partial charge on any atom is 0.0101 e. The fraction of sp³-hybridized carbons (Fsp3) is 0.333. The molecule has 15 heavy (non-hydrogen) atoms. The van der Waals surface area contributed by atoms with E-state index in [2.05, 4.69) is 56.5 Å². The standard InChI is InChI=1S/C15H20/c1-4-6-10-13-15(3,5-2)14-11-8-7-9-12-14/h4-5,7-9,11-12H,1-2,6,10,13H2,3H3. The first-order valence-corrected chi connectivity index (χ1v) is 5.53. The minimum absolute atomic E-state index is 0.101. The Labute approximate surface area is 93.3 Å². The van der Waals surface area contributed by atoms with Gasteiger partial charge in [-0.3, -0.25) is 0 Å². The molecule has 0 spiro atoms. The van der Waals surface area contributed by atoms with Gasteiger partial charge >= 0.3 is 0 Å². The molecule has 0 radical (unpaired) electrons.